The number of aliphatic imine (C=N–C) groups is 1. The van der Waals surface area contributed by atoms with Gasteiger partial charge in [-0.1, -0.05) is 50.2 Å². The highest BCUT2D eigenvalue weighted by Gasteiger charge is 2.45. The Balaban J connectivity index is 0.00000141. The Kier molecular flexibility index (Phi) is 11.4. The van der Waals surface area contributed by atoms with E-state index in [2.05, 4.69) is 21.8 Å². The molecule has 44 heavy (non-hydrogen) atoms. The second-order valence-corrected chi connectivity index (χ2v) is 10.9. The molecule has 228 valence electrons. The quantitative estimate of drug-likeness (QED) is 0.0635. The molecular formula is C32H30ClF2N5O3S. The average Bonchev–Trinajstić information content (AvgIpc) is 3.74. The number of carbonyl (C=O) groups is 1. The predicted molar refractivity (Wildman–Crippen MR) is 167 cm³/mol. The molecule has 0 amide bonds. The van der Waals surface area contributed by atoms with Crippen molar-refractivity contribution < 1.29 is 23.0 Å². The highest BCUT2D eigenvalue weighted by molar-refractivity contribution is 7.10. The summed E-state index contributed by atoms with van der Waals surface area (Å²) < 4.78 is 42.8. The van der Waals surface area contributed by atoms with Crippen molar-refractivity contribution in [2.75, 3.05) is 12.7 Å². The van der Waals surface area contributed by atoms with Gasteiger partial charge in [0.25, 0.3) is 0 Å². The van der Waals surface area contributed by atoms with Gasteiger partial charge in [0, 0.05) is 34.4 Å². The predicted octanol–water partition coefficient (Wildman–Crippen LogP) is 7.79. The molecule has 0 saturated heterocycles. The standard InChI is InChI=1S/C30H25F2N5O3S.C2H5Cl/c1-20(28-36-27(15-41-28)21-8-11-24(33-2)12-9-21)30(16-37-18-34-17-35-37,25-13-10-23(31)14-26(25)32)40-19-39-29(38)22-6-4-3-5-7-22;1-2-3/h3-15,17-18,20H,2,16,19H2,1H3;2H2,1H3/t20-,30?;/m0./s1. The molecule has 2 heterocycles. The van der Waals surface area contributed by atoms with Crippen molar-refractivity contribution in [3.63, 3.8) is 0 Å². The van der Waals surface area contributed by atoms with Crippen LogP contribution in [0.2, 0.25) is 0 Å². The van der Waals surface area contributed by atoms with E-state index < -0.39 is 35.9 Å². The first-order valence-corrected chi connectivity index (χ1v) is 14.9. The maximum atomic E-state index is 15.5. The molecule has 2 aromatic heterocycles. The Morgan fingerprint density at radius 1 is 1.14 bits per heavy atom. The van der Waals surface area contributed by atoms with Gasteiger partial charge in [0.15, 0.2) is 6.79 Å². The number of benzene rings is 3. The molecule has 8 nitrogen and oxygen atoms in total. The summed E-state index contributed by atoms with van der Waals surface area (Å²) in [5.41, 5.74) is 1.15. The molecule has 0 N–H and O–H groups in total. The monoisotopic (exact) mass is 637 g/mol. The molecule has 0 spiro atoms. The minimum absolute atomic E-state index is 0.0335. The molecule has 0 saturated carbocycles. The van der Waals surface area contributed by atoms with Crippen molar-refractivity contribution in [2.45, 2.75) is 31.9 Å². The van der Waals surface area contributed by atoms with Crippen molar-refractivity contribution in [1.82, 2.24) is 19.7 Å². The SMILES string of the molecule is C=Nc1ccc(-c2csc([C@H](C)C(Cn3cncn3)(OCOC(=O)c3ccccc3)c3ccc(F)cc3F)n2)cc1.CCCl. The number of aromatic nitrogens is 4. The van der Waals surface area contributed by atoms with E-state index in [1.807, 2.05) is 43.5 Å². The first-order chi connectivity index (χ1) is 21.3. The van der Waals surface area contributed by atoms with Gasteiger partial charge in [-0.15, -0.1) is 22.9 Å². The summed E-state index contributed by atoms with van der Waals surface area (Å²) in [5.74, 6) is -2.06. The fourth-order valence-electron chi connectivity index (χ4n) is 4.49. The molecule has 5 rings (SSSR count). The number of hydrogen-bond acceptors (Lipinski definition) is 8. The van der Waals surface area contributed by atoms with Crippen LogP contribution in [0.25, 0.3) is 11.3 Å². The molecule has 12 heteroatoms. The van der Waals surface area contributed by atoms with Crippen LogP contribution in [0.4, 0.5) is 14.5 Å². The lowest BCUT2D eigenvalue weighted by Crippen LogP contribution is -2.42. The maximum absolute atomic E-state index is 15.5. The number of carbonyl (C=O) groups excluding carboxylic acids is 1. The molecule has 3 aromatic carbocycles. The minimum atomic E-state index is -1.53. The van der Waals surface area contributed by atoms with Crippen molar-refractivity contribution in [2.24, 2.45) is 4.99 Å². The van der Waals surface area contributed by atoms with Gasteiger partial charge in [-0.3, -0.25) is 4.99 Å². The molecule has 0 aliphatic rings. The highest BCUT2D eigenvalue weighted by atomic mass is 35.5. The van der Waals surface area contributed by atoms with E-state index in [1.165, 1.54) is 34.7 Å². The van der Waals surface area contributed by atoms with Crippen molar-refractivity contribution >= 4 is 41.3 Å². The summed E-state index contributed by atoms with van der Waals surface area (Å²) in [6.45, 7) is 6.70. The molecule has 2 atom stereocenters. The number of esters is 1. The molecule has 0 bridgehead atoms. The van der Waals surface area contributed by atoms with E-state index in [9.17, 15) is 9.18 Å². The number of ether oxygens (including phenoxy) is 2. The topological polar surface area (TPSA) is 91.5 Å². The number of rotatable bonds is 11. The van der Waals surface area contributed by atoms with Crippen LogP contribution in [-0.4, -0.2) is 45.1 Å². The van der Waals surface area contributed by atoms with Crippen molar-refractivity contribution in [3.8, 4) is 11.3 Å². The molecule has 5 aromatic rings. The van der Waals surface area contributed by atoms with Gasteiger partial charge in [-0.05, 0) is 37.0 Å². The third kappa shape index (κ3) is 7.79. The van der Waals surface area contributed by atoms with Gasteiger partial charge in [-0.25, -0.2) is 28.2 Å². The van der Waals surface area contributed by atoms with Gasteiger partial charge in [0.05, 0.1) is 28.5 Å². The fourth-order valence-corrected chi connectivity index (χ4v) is 5.46. The Bertz CT molecular complexity index is 1650. The van der Waals surface area contributed by atoms with Crippen LogP contribution in [0.5, 0.6) is 0 Å². The largest absolute Gasteiger partial charge is 0.435 e. The van der Waals surface area contributed by atoms with Crippen LogP contribution < -0.4 is 0 Å². The van der Waals surface area contributed by atoms with Crippen LogP contribution >= 0.6 is 22.9 Å². The van der Waals surface area contributed by atoms with Gasteiger partial charge < -0.3 is 9.47 Å². The summed E-state index contributed by atoms with van der Waals surface area (Å²) in [6, 6.07) is 19.1. The number of thiazole rings is 1. The number of alkyl halides is 1. The second kappa shape index (κ2) is 15.4. The first kappa shape index (κ1) is 32.6. The number of nitrogens with zero attached hydrogens (tertiary/aromatic N) is 5. The third-order valence-corrected chi connectivity index (χ3v) is 7.73. The lowest BCUT2D eigenvalue weighted by Gasteiger charge is -2.38. The Labute approximate surface area is 263 Å². The minimum Gasteiger partial charge on any atom is -0.435 e. The molecule has 1 unspecified atom stereocenters. The molecule has 0 aliphatic heterocycles. The Hall–Kier alpha value is -4.32. The van der Waals surface area contributed by atoms with E-state index in [1.54, 1.807) is 30.3 Å². The van der Waals surface area contributed by atoms with Crippen LogP contribution in [0, 0.1) is 11.6 Å². The zero-order chi connectivity index (χ0) is 31.5. The zero-order valence-corrected chi connectivity index (χ0v) is 25.6. The average molecular weight is 638 g/mol. The molecule has 0 fully saturated rings. The van der Waals surface area contributed by atoms with Gasteiger partial charge in [-0.2, -0.15) is 5.10 Å². The fraction of sp³-hybridized carbons (Fsp3) is 0.219. The Morgan fingerprint density at radius 2 is 1.86 bits per heavy atom. The summed E-state index contributed by atoms with van der Waals surface area (Å²) in [7, 11) is 0. The number of halogens is 3. The highest BCUT2D eigenvalue weighted by Crippen LogP contribution is 2.44. The summed E-state index contributed by atoms with van der Waals surface area (Å²) in [6.07, 6.45) is 2.81. The van der Waals surface area contributed by atoms with Crippen LogP contribution in [-0.2, 0) is 21.6 Å². The maximum Gasteiger partial charge on any atom is 0.340 e. The first-order valence-electron chi connectivity index (χ1n) is 13.5. The summed E-state index contributed by atoms with van der Waals surface area (Å²) >= 11 is 6.36. The summed E-state index contributed by atoms with van der Waals surface area (Å²) in [4.78, 5) is 25.4. The van der Waals surface area contributed by atoms with E-state index in [0.717, 1.165) is 29.3 Å². The normalized spacial score (nSPS) is 12.8. The van der Waals surface area contributed by atoms with Crippen LogP contribution in [0.1, 0.15) is 40.7 Å². The van der Waals surface area contributed by atoms with E-state index in [-0.39, 0.29) is 12.1 Å². The van der Waals surface area contributed by atoms with Crippen LogP contribution in [0.3, 0.4) is 0 Å². The molecule has 0 aliphatic carbocycles. The summed E-state index contributed by atoms with van der Waals surface area (Å²) in [5, 5.41) is 6.70. The Morgan fingerprint density at radius 3 is 2.50 bits per heavy atom. The van der Waals surface area contributed by atoms with Gasteiger partial charge >= 0.3 is 5.97 Å². The third-order valence-electron chi connectivity index (χ3n) is 6.70. The van der Waals surface area contributed by atoms with Gasteiger partial charge in [0.1, 0.15) is 29.9 Å². The van der Waals surface area contributed by atoms with Crippen LogP contribution in [0.15, 0.2) is 95.8 Å². The number of hydrogen-bond donors (Lipinski definition) is 0. The van der Waals surface area contributed by atoms with E-state index in [4.69, 9.17) is 26.1 Å². The second-order valence-electron chi connectivity index (χ2n) is 9.43. The molecular weight excluding hydrogens is 608 g/mol. The van der Waals surface area contributed by atoms with Crippen molar-refractivity contribution in [3.05, 3.63) is 119 Å². The lowest BCUT2D eigenvalue weighted by atomic mass is 9.81. The molecule has 0 radical (unpaired) electrons. The van der Waals surface area contributed by atoms with Gasteiger partial charge in [0.2, 0.25) is 0 Å². The van der Waals surface area contributed by atoms with Crippen molar-refractivity contribution in [1.29, 1.82) is 0 Å². The van der Waals surface area contributed by atoms with E-state index in [0.29, 0.717) is 16.3 Å². The zero-order valence-electron chi connectivity index (χ0n) is 24.1. The lowest BCUT2D eigenvalue weighted by molar-refractivity contribution is -0.148. The van der Waals surface area contributed by atoms with E-state index >= 15 is 4.39 Å². The smallest absolute Gasteiger partial charge is 0.340 e.